The minimum absolute atomic E-state index is 0.102. The van der Waals surface area contributed by atoms with E-state index >= 15 is 0 Å². The Morgan fingerprint density at radius 2 is 1.68 bits per heavy atom. The molecule has 0 saturated heterocycles. The highest BCUT2D eigenvalue weighted by Crippen LogP contribution is 2.32. The van der Waals surface area contributed by atoms with E-state index in [0.29, 0.717) is 28.3 Å². The van der Waals surface area contributed by atoms with E-state index in [1.807, 2.05) is 13.0 Å². The van der Waals surface area contributed by atoms with Crippen molar-refractivity contribution in [1.29, 1.82) is 0 Å². The van der Waals surface area contributed by atoms with Crippen molar-refractivity contribution in [3.63, 3.8) is 0 Å². The summed E-state index contributed by atoms with van der Waals surface area (Å²) in [6, 6.07) is 17.1. The third kappa shape index (κ3) is 7.04. The molecule has 3 amide bonds. The standard InChI is InChI=1S/C30H30N6O4/c1-19-11-12-24(34-27(38)21-8-6-10-23(16-21)33-20(2)37)17-26(19)36(29(39)40-30(3,4)5)28-32-15-13-25(35-28)22-9-7-14-31-18-22/h6-18H,1-5H3,(H,33,37)(H,34,38). The van der Waals surface area contributed by atoms with E-state index in [0.717, 1.165) is 11.1 Å². The van der Waals surface area contributed by atoms with Gasteiger partial charge in [-0.15, -0.1) is 0 Å². The number of nitrogens with zero attached hydrogens (tertiary/aromatic N) is 4. The first-order valence-corrected chi connectivity index (χ1v) is 12.6. The molecule has 4 rings (SSSR count). The molecule has 0 fully saturated rings. The summed E-state index contributed by atoms with van der Waals surface area (Å²) >= 11 is 0. The normalized spacial score (nSPS) is 10.9. The van der Waals surface area contributed by atoms with Gasteiger partial charge in [-0.05, 0) is 81.8 Å². The number of pyridine rings is 1. The molecule has 2 aromatic heterocycles. The van der Waals surface area contributed by atoms with Crippen molar-refractivity contribution in [3.8, 4) is 11.3 Å². The fourth-order valence-corrected chi connectivity index (χ4v) is 3.80. The highest BCUT2D eigenvalue weighted by atomic mass is 16.6. The number of carbonyl (C=O) groups excluding carboxylic acids is 3. The van der Waals surface area contributed by atoms with Crippen LogP contribution in [0, 0.1) is 6.92 Å². The molecular formula is C30H30N6O4. The van der Waals surface area contributed by atoms with Crippen LogP contribution in [0.15, 0.2) is 79.3 Å². The van der Waals surface area contributed by atoms with Crippen molar-refractivity contribution in [1.82, 2.24) is 15.0 Å². The molecule has 0 unspecified atom stereocenters. The summed E-state index contributed by atoms with van der Waals surface area (Å²) < 4.78 is 5.72. The van der Waals surface area contributed by atoms with E-state index in [2.05, 4.69) is 25.6 Å². The molecule has 0 saturated carbocycles. The molecule has 10 heteroatoms. The van der Waals surface area contributed by atoms with Gasteiger partial charge >= 0.3 is 6.09 Å². The second kappa shape index (κ2) is 11.7. The number of ether oxygens (including phenoxy) is 1. The molecular weight excluding hydrogens is 508 g/mol. The number of benzene rings is 2. The first-order chi connectivity index (χ1) is 19.0. The maximum Gasteiger partial charge on any atom is 0.421 e. The summed E-state index contributed by atoms with van der Waals surface area (Å²) in [5.74, 6) is -0.524. The van der Waals surface area contributed by atoms with Crippen LogP contribution in [0.4, 0.5) is 27.8 Å². The minimum Gasteiger partial charge on any atom is -0.443 e. The van der Waals surface area contributed by atoms with Crippen LogP contribution >= 0.6 is 0 Å². The number of amides is 3. The first-order valence-electron chi connectivity index (χ1n) is 12.6. The number of anilines is 4. The molecule has 0 atom stereocenters. The van der Waals surface area contributed by atoms with E-state index in [9.17, 15) is 14.4 Å². The van der Waals surface area contributed by atoms with E-state index in [-0.39, 0.29) is 17.8 Å². The van der Waals surface area contributed by atoms with Crippen LogP contribution in [0.2, 0.25) is 0 Å². The average Bonchev–Trinajstić information content (AvgIpc) is 2.90. The number of nitrogens with one attached hydrogen (secondary N) is 2. The second-order valence-corrected chi connectivity index (χ2v) is 10.0. The molecule has 204 valence electrons. The summed E-state index contributed by atoms with van der Waals surface area (Å²) in [7, 11) is 0. The van der Waals surface area contributed by atoms with Crippen LogP contribution in [-0.2, 0) is 9.53 Å². The van der Waals surface area contributed by atoms with Gasteiger partial charge < -0.3 is 15.4 Å². The lowest BCUT2D eigenvalue weighted by molar-refractivity contribution is -0.114. The maximum absolute atomic E-state index is 13.5. The molecule has 2 N–H and O–H groups in total. The topological polar surface area (TPSA) is 126 Å². The quantitative estimate of drug-likeness (QED) is 0.302. The molecule has 0 radical (unpaired) electrons. The number of carbonyl (C=O) groups is 3. The lowest BCUT2D eigenvalue weighted by atomic mass is 10.1. The SMILES string of the molecule is CC(=O)Nc1cccc(C(=O)Nc2ccc(C)c(N(C(=O)OC(C)(C)C)c3nccc(-c4cccnc4)n3)c2)c1. The lowest BCUT2D eigenvalue weighted by Crippen LogP contribution is -2.35. The van der Waals surface area contributed by atoms with E-state index in [1.165, 1.54) is 11.8 Å². The van der Waals surface area contributed by atoms with E-state index in [1.54, 1.807) is 94.0 Å². The second-order valence-electron chi connectivity index (χ2n) is 10.0. The van der Waals surface area contributed by atoms with Crippen LogP contribution in [-0.4, -0.2) is 38.5 Å². The fraction of sp³-hybridized carbons (Fsp3) is 0.200. The zero-order valence-corrected chi connectivity index (χ0v) is 22.9. The van der Waals surface area contributed by atoms with Gasteiger partial charge in [-0.1, -0.05) is 12.1 Å². The van der Waals surface area contributed by atoms with Crippen LogP contribution in [0.25, 0.3) is 11.3 Å². The Morgan fingerprint density at radius 1 is 0.900 bits per heavy atom. The molecule has 40 heavy (non-hydrogen) atoms. The number of hydrogen-bond acceptors (Lipinski definition) is 7. The predicted molar refractivity (Wildman–Crippen MR) is 154 cm³/mol. The molecule has 0 spiro atoms. The predicted octanol–water partition coefficient (Wildman–Crippen LogP) is 6.13. The van der Waals surface area contributed by atoms with Crippen LogP contribution < -0.4 is 15.5 Å². The Bertz CT molecular complexity index is 1550. The molecule has 2 heterocycles. The molecule has 0 aliphatic rings. The zero-order chi connectivity index (χ0) is 28.9. The van der Waals surface area contributed by atoms with Crippen molar-refractivity contribution in [2.75, 3.05) is 15.5 Å². The Kier molecular flexibility index (Phi) is 8.18. The summed E-state index contributed by atoms with van der Waals surface area (Å²) in [4.78, 5) is 52.4. The highest BCUT2D eigenvalue weighted by molar-refractivity contribution is 6.06. The number of aryl methyl sites for hydroxylation is 1. The first kappa shape index (κ1) is 27.9. The molecule has 0 bridgehead atoms. The van der Waals surface area contributed by atoms with Crippen LogP contribution in [0.1, 0.15) is 43.6 Å². The van der Waals surface area contributed by atoms with Gasteiger partial charge in [-0.2, -0.15) is 0 Å². The van der Waals surface area contributed by atoms with Crippen molar-refractivity contribution in [2.45, 2.75) is 40.2 Å². The van der Waals surface area contributed by atoms with Crippen LogP contribution in [0.3, 0.4) is 0 Å². The average molecular weight is 539 g/mol. The van der Waals surface area contributed by atoms with Gasteiger partial charge in [0.15, 0.2) is 0 Å². The van der Waals surface area contributed by atoms with Gasteiger partial charge in [0, 0.05) is 48.0 Å². The summed E-state index contributed by atoms with van der Waals surface area (Å²) in [5.41, 5.74) is 3.01. The van der Waals surface area contributed by atoms with Gasteiger partial charge in [-0.3, -0.25) is 14.6 Å². The highest BCUT2D eigenvalue weighted by Gasteiger charge is 2.28. The third-order valence-electron chi connectivity index (χ3n) is 5.53. The smallest absolute Gasteiger partial charge is 0.421 e. The number of hydrogen-bond donors (Lipinski definition) is 2. The van der Waals surface area contributed by atoms with Gasteiger partial charge in [0.25, 0.3) is 5.91 Å². The minimum atomic E-state index is -0.783. The molecule has 2 aromatic carbocycles. The molecule has 0 aliphatic carbocycles. The van der Waals surface area contributed by atoms with Gasteiger partial charge in [0.05, 0.1) is 11.4 Å². The molecule has 0 aliphatic heterocycles. The van der Waals surface area contributed by atoms with Gasteiger partial charge in [-0.25, -0.2) is 19.7 Å². The van der Waals surface area contributed by atoms with Gasteiger partial charge in [0.2, 0.25) is 11.9 Å². The van der Waals surface area contributed by atoms with Crippen molar-refractivity contribution >= 4 is 40.9 Å². The van der Waals surface area contributed by atoms with Crippen molar-refractivity contribution in [3.05, 3.63) is 90.4 Å². The number of rotatable bonds is 6. The van der Waals surface area contributed by atoms with E-state index < -0.39 is 11.7 Å². The van der Waals surface area contributed by atoms with Crippen molar-refractivity contribution < 1.29 is 19.1 Å². The monoisotopic (exact) mass is 538 g/mol. The number of aromatic nitrogens is 3. The Morgan fingerprint density at radius 3 is 2.38 bits per heavy atom. The Balaban J connectivity index is 1.72. The largest absolute Gasteiger partial charge is 0.443 e. The lowest BCUT2D eigenvalue weighted by Gasteiger charge is -2.27. The maximum atomic E-state index is 13.5. The Labute approximate surface area is 232 Å². The molecule has 4 aromatic rings. The molecule has 10 nitrogen and oxygen atoms in total. The fourth-order valence-electron chi connectivity index (χ4n) is 3.80. The summed E-state index contributed by atoms with van der Waals surface area (Å²) in [6.45, 7) is 8.55. The zero-order valence-electron chi connectivity index (χ0n) is 22.9. The van der Waals surface area contributed by atoms with Gasteiger partial charge in [0.1, 0.15) is 5.60 Å². The Hall–Kier alpha value is -5.12. The van der Waals surface area contributed by atoms with E-state index in [4.69, 9.17) is 4.74 Å². The van der Waals surface area contributed by atoms with Crippen LogP contribution in [0.5, 0.6) is 0 Å². The third-order valence-corrected chi connectivity index (χ3v) is 5.53. The van der Waals surface area contributed by atoms with Crippen molar-refractivity contribution in [2.24, 2.45) is 0 Å². The summed E-state index contributed by atoms with van der Waals surface area (Å²) in [5, 5.41) is 5.52. The summed E-state index contributed by atoms with van der Waals surface area (Å²) in [6.07, 6.45) is 4.22.